The first-order valence-corrected chi connectivity index (χ1v) is 14.0. The maximum Gasteiger partial charge on any atom is 0.271 e. The van der Waals surface area contributed by atoms with Crippen molar-refractivity contribution in [3.05, 3.63) is 95.9 Å². The van der Waals surface area contributed by atoms with Gasteiger partial charge in [0.2, 0.25) is 5.91 Å². The molecule has 0 radical (unpaired) electrons. The van der Waals surface area contributed by atoms with E-state index < -0.39 is 15.3 Å². The topological polar surface area (TPSA) is 93.7 Å². The summed E-state index contributed by atoms with van der Waals surface area (Å²) in [7, 11) is -0.541. The molecule has 4 rings (SSSR count). The van der Waals surface area contributed by atoms with E-state index in [1.165, 1.54) is 18.9 Å². The quantitative estimate of drug-likeness (QED) is 0.238. The lowest BCUT2D eigenvalue weighted by Crippen LogP contribution is -2.19. The van der Waals surface area contributed by atoms with E-state index in [4.69, 9.17) is 9.47 Å². The summed E-state index contributed by atoms with van der Waals surface area (Å²) in [6, 6.07) is 24.8. The average Bonchev–Trinajstić information content (AvgIpc) is 3.45. The minimum atomic E-state index is -3.63. The maximum absolute atomic E-state index is 13.5. The highest BCUT2D eigenvalue weighted by atomic mass is 32.2. The molecular formula is C26H24N2O5S3. The van der Waals surface area contributed by atoms with Gasteiger partial charge in [0.05, 0.1) is 19.9 Å². The number of benzene rings is 3. The van der Waals surface area contributed by atoms with Crippen molar-refractivity contribution in [1.29, 1.82) is 0 Å². The second-order valence-electron chi connectivity index (χ2n) is 7.53. The van der Waals surface area contributed by atoms with Crippen molar-refractivity contribution in [1.82, 2.24) is 0 Å². The molecule has 0 bridgehead atoms. The molecule has 0 aliphatic heterocycles. The third kappa shape index (κ3) is 6.20. The Balaban J connectivity index is 1.55. The van der Waals surface area contributed by atoms with Crippen LogP contribution >= 0.6 is 23.1 Å². The molecule has 1 aromatic heterocycles. The van der Waals surface area contributed by atoms with Crippen molar-refractivity contribution in [3.8, 4) is 11.5 Å². The number of rotatable bonds is 10. The van der Waals surface area contributed by atoms with Crippen molar-refractivity contribution in [3.63, 3.8) is 0 Å². The summed E-state index contributed by atoms with van der Waals surface area (Å²) in [6.45, 7) is 0. The number of carbonyl (C=O) groups excluding carboxylic acids is 1. The zero-order valence-electron chi connectivity index (χ0n) is 19.5. The van der Waals surface area contributed by atoms with E-state index in [2.05, 4.69) is 10.0 Å². The van der Waals surface area contributed by atoms with Gasteiger partial charge in [-0.2, -0.15) is 0 Å². The Morgan fingerprint density at radius 3 is 2.31 bits per heavy atom. The largest absolute Gasteiger partial charge is 0.497 e. The van der Waals surface area contributed by atoms with Gasteiger partial charge in [-0.05, 0) is 53.4 Å². The molecule has 186 valence electrons. The Kier molecular flexibility index (Phi) is 8.19. The number of hydrogen-bond acceptors (Lipinski definition) is 7. The van der Waals surface area contributed by atoms with Crippen LogP contribution in [0.2, 0.25) is 0 Å². The number of hydrogen-bond donors (Lipinski definition) is 2. The average molecular weight is 541 g/mol. The Morgan fingerprint density at radius 1 is 0.917 bits per heavy atom. The lowest BCUT2D eigenvalue weighted by atomic mass is 10.1. The van der Waals surface area contributed by atoms with Crippen molar-refractivity contribution in [2.24, 2.45) is 0 Å². The first-order valence-electron chi connectivity index (χ1n) is 10.8. The van der Waals surface area contributed by atoms with Gasteiger partial charge in [0, 0.05) is 16.6 Å². The third-order valence-electron chi connectivity index (χ3n) is 5.13. The summed E-state index contributed by atoms with van der Waals surface area (Å²) in [5.41, 5.74) is 1.76. The SMILES string of the molecule is COc1ccc(OC)c(NC(=O)C(Sc2ccc(NS(=O)(=O)c3cccs3)cc2)c2ccccc2)c1. The van der Waals surface area contributed by atoms with Crippen LogP contribution in [-0.4, -0.2) is 28.5 Å². The molecule has 1 heterocycles. The van der Waals surface area contributed by atoms with Crippen LogP contribution in [0.4, 0.5) is 11.4 Å². The molecule has 0 saturated carbocycles. The summed E-state index contributed by atoms with van der Waals surface area (Å²) in [5.74, 6) is 0.874. The van der Waals surface area contributed by atoms with E-state index in [-0.39, 0.29) is 10.1 Å². The van der Waals surface area contributed by atoms with Gasteiger partial charge in [0.15, 0.2) is 0 Å². The van der Waals surface area contributed by atoms with Gasteiger partial charge in [-0.3, -0.25) is 9.52 Å². The van der Waals surface area contributed by atoms with Gasteiger partial charge >= 0.3 is 0 Å². The predicted molar refractivity (Wildman–Crippen MR) is 145 cm³/mol. The molecule has 2 N–H and O–H groups in total. The number of nitrogens with one attached hydrogen (secondary N) is 2. The molecule has 7 nitrogen and oxygen atoms in total. The number of thioether (sulfide) groups is 1. The zero-order valence-corrected chi connectivity index (χ0v) is 22.0. The Labute approximate surface area is 218 Å². The smallest absolute Gasteiger partial charge is 0.271 e. The Hall–Kier alpha value is -3.47. The van der Waals surface area contributed by atoms with E-state index in [9.17, 15) is 13.2 Å². The van der Waals surface area contributed by atoms with Crippen LogP contribution in [-0.2, 0) is 14.8 Å². The molecule has 36 heavy (non-hydrogen) atoms. The highest BCUT2D eigenvalue weighted by molar-refractivity contribution is 8.00. The summed E-state index contributed by atoms with van der Waals surface area (Å²) >= 11 is 2.51. The van der Waals surface area contributed by atoms with E-state index in [0.29, 0.717) is 22.9 Å². The maximum atomic E-state index is 13.5. The van der Waals surface area contributed by atoms with Gasteiger partial charge < -0.3 is 14.8 Å². The standard InChI is InChI=1S/C26H24N2O5S3/c1-32-20-12-15-23(33-2)22(17-20)27-26(29)25(18-7-4-3-5-8-18)35-21-13-10-19(11-14-21)28-36(30,31)24-9-6-16-34-24/h3-17,25,28H,1-2H3,(H,27,29). The second-order valence-corrected chi connectivity index (χ2v) is 11.6. The van der Waals surface area contributed by atoms with Crippen molar-refractivity contribution < 1.29 is 22.7 Å². The molecule has 0 aliphatic carbocycles. The Morgan fingerprint density at radius 2 is 1.67 bits per heavy atom. The van der Waals surface area contributed by atoms with E-state index in [0.717, 1.165) is 21.8 Å². The van der Waals surface area contributed by atoms with Crippen molar-refractivity contribution in [2.75, 3.05) is 24.3 Å². The molecule has 0 fully saturated rings. The molecule has 0 saturated heterocycles. The number of thiophene rings is 1. The lowest BCUT2D eigenvalue weighted by molar-refractivity contribution is -0.115. The van der Waals surface area contributed by atoms with Crippen LogP contribution in [0, 0.1) is 0 Å². The van der Waals surface area contributed by atoms with Crippen LogP contribution in [0.3, 0.4) is 0 Å². The number of carbonyl (C=O) groups is 1. The predicted octanol–water partition coefficient (Wildman–Crippen LogP) is 6.04. The molecule has 4 aromatic rings. The highest BCUT2D eigenvalue weighted by Crippen LogP contribution is 2.38. The van der Waals surface area contributed by atoms with Gasteiger partial charge in [-0.25, -0.2) is 8.42 Å². The van der Waals surface area contributed by atoms with Crippen molar-refractivity contribution in [2.45, 2.75) is 14.4 Å². The number of methoxy groups -OCH3 is 2. The van der Waals surface area contributed by atoms with E-state index in [1.807, 2.05) is 30.3 Å². The Bertz CT molecular complexity index is 1410. The molecule has 0 aliphatic rings. The van der Waals surface area contributed by atoms with Gasteiger partial charge in [0.1, 0.15) is 21.0 Å². The highest BCUT2D eigenvalue weighted by Gasteiger charge is 2.24. The fourth-order valence-corrected chi connectivity index (χ4v) is 6.45. The molecule has 0 spiro atoms. The van der Waals surface area contributed by atoms with Crippen LogP contribution in [0.15, 0.2) is 99.4 Å². The first-order chi connectivity index (χ1) is 17.4. The van der Waals surface area contributed by atoms with Gasteiger partial charge in [-0.1, -0.05) is 36.4 Å². The number of sulfonamides is 1. The van der Waals surface area contributed by atoms with Crippen LogP contribution < -0.4 is 19.5 Å². The summed E-state index contributed by atoms with van der Waals surface area (Å²) in [5, 5.41) is 4.10. The molecule has 10 heteroatoms. The molecule has 1 unspecified atom stereocenters. The summed E-state index contributed by atoms with van der Waals surface area (Å²) < 4.78 is 38.5. The molecule has 3 aromatic carbocycles. The number of amides is 1. The molecule has 1 amide bonds. The van der Waals surface area contributed by atoms with Crippen LogP contribution in [0.1, 0.15) is 10.8 Å². The fraction of sp³-hybridized carbons (Fsp3) is 0.115. The fourth-order valence-electron chi connectivity index (χ4n) is 3.37. The van der Waals surface area contributed by atoms with Crippen LogP contribution in [0.25, 0.3) is 0 Å². The second kappa shape index (κ2) is 11.5. The van der Waals surface area contributed by atoms with E-state index in [1.54, 1.807) is 67.1 Å². The lowest BCUT2D eigenvalue weighted by Gasteiger charge is -2.19. The normalized spacial score (nSPS) is 11.9. The van der Waals surface area contributed by atoms with Gasteiger partial charge in [-0.15, -0.1) is 23.1 Å². The monoisotopic (exact) mass is 540 g/mol. The minimum Gasteiger partial charge on any atom is -0.497 e. The van der Waals surface area contributed by atoms with Crippen molar-refractivity contribution >= 4 is 50.4 Å². The summed E-state index contributed by atoms with van der Waals surface area (Å²) in [6.07, 6.45) is 0. The van der Waals surface area contributed by atoms with Gasteiger partial charge in [0.25, 0.3) is 10.0 Å². The first kappa shape index (κ1) is 25.6. The third-order valence-corrected chi connectivity index (χ3v) is 9.17. The molecule has 1 atom stereocenters. The number of ether oxygens (including phenoxy) is 2. The number of anilines is 2. The minimum absolute atomic E-state index is 0.236. The zero-order chi connectivity index (χ0) is 25.5. The van der Waals surface area contributed by atoms with E-state index >= 15 is 0 Å². The van der Waals surface area contributed by atoms with Crippen LogP contribution in [0.5, 0.6) is 11.5 Å². The summed E-state index contributed by atoms with van der Waals surface area (Å²) in [4.78, 5) is 14.3. The molecular weight excluding hydrogens is 516 g/mol.